The average Bonchev–Trinajstić information content (AvgIpc) is 3.46. The number of sulfone groups is 1. The lowest BCUT2D eigenvalue weighted by Crippen LogP contribution is -2.68. The summed E-state index contributed by atoms with van der Waals surface area (Å²) in [5.41, 5.74) is 4.89. The van der Waals surface area contributed by atoms with Crippen LogP contribution in [0.5, 0.6) is 0 Å². The Labute approximate surface area is 314 Å². The van der Waals surface area contributed by atoms with Gasteiger partial charge in [0.15, 0.2) is 9.84 Å². The number of aliphatic carboxylic acids is 1. The molecule has 5 fully saturated rings. The maximum Gasteiger partial charge on any atom is 0.309 e. The zero-order valence-corrected chi connectivity index (χ0v) is 34.1. The van der Waals surface area contributed by atoms with Crippen LogP contribution in [0.15, 0.2) is 35.5 Å². The summed E-state index contributed by atoms with van der Waals surface area (Å²) in [5, 5.41) is 14.0. The Hall–Kier alpha value is -1.51. The van der Waals surface area contributed by atoms with Crippen LogP contribution in [0.3, 0.4) is 0 Å². The van der Waals surface area contributed by atoms with Crippen molar-refractivity contribution in [3.05, 3.63) is 35.5 Å². The highest BCUT2D eigenvalue weighted by molar-refractivity contribution is 7.91. The third-order valence-electron chi connectivity index (χ3n) is 17.7. The number of allylic oxidation sites excluding steroid dienone is 5. The summed E-state index contributed by atoms with van der Waals surface area (Å²) in [6.45, 7) is 22.2. The largest absolute Gasteiger partial charge is 0.481 e. The molecule has 8 heteroatoms. The molecule has 6 aliphatic carbocycles. The van der Waals surface area contributed by atoms with Crippen molar-refractivity contribution in [1.82, 2.24) is 10.2 Å². The van der Waals surface area contributed by atoms with Crippen molar-refractivity contribution >= 4 is 15.8 Å². The molecule has 0 amide bonds. The number of hydrogen-bond donors (Lipinski definition) is 2. The van der Waals surface area contributed by atoms with E-state index in [-0.39, 0.29) is 33.1 Å². The molecule has 0 spiro atoms. The summed E-state index contributed by atoms with van der Waals surface area (Å²) >= 11 is 0. The van der Waals surface area contributed by atoms with Crippen molar-refractivity contribution in [3.63, 3.8) is 0 Å². The first-order valence-corrected chi connectivity index (χ1v) is 22.8. The Balaban J connectivity index is 1.14. The van der Waals surface area contributed by atoms with Gasteiger partial charge >= 0.3 is 5.97 Å². The van der Waals surface area contributed by atoms with Crippen LogP contribution >= 0.6 is 0 Å². The molecule has 0 radical (unpaired) electrons. The first-order valence-electron chi connectivity index (χ1n) is 21.0. The van der Waals surface area contributed by atoms with Gasteiger partial charge in [0.05, 0.1) is 17.4 Å². The van der Waals surface area contributed by atoms with Crippen molar-refractivity contribution in [3.8, 4) is 0 Å². The predicted molar refractivity (Wildman–Crippen MR) is 208 cm³/mol. The molecule has 11 atom stereocenters. The molecule has 292 valence electrons. The van der Waals surface area contributed by atoms with E-state index < -0.39 is 28.4 Å². The molecule has 1 saturated heterocycles. The van der Waals surface area contributed by atoms with Crippen molar-refractivity contribution in [1.29, 1.82) is 0 Å². The summed E-state index contributed by atoms with van der Waals surface area (Å²) in [6.07, 6.45) is 18.4. The normalized spacial score (nSPS) is 44.6. The van der Waals surface area contributed by atoms with Gasteiger partial charge in [-0.1, -0.05) is 58.9 Å². The number of carboxylic acid groups (broad SMARTS) is 1. The number of hydrogen-bond acceptors (Lipinski definition) is 5. The predicted octanol–water partition coefficient (Wildman–Crippen LogP) is 8.65. The summed E-state index contributed by atoms with van der Waals surface area (Å²) < 4.78 is 38.0. The van der Waals surface area contributed by atoms with E-state index in [9.17, 15) is 22.7 Å². The maximum atomic E-state index is 13.9. The van der Waals surface area contributed by atoms with E-state index in [0.29, 0.717) is 54.2 Å². The molecule has 0 aromatic heterocycles. The number of carboxylic acids is 1. The van der Waals surface area contributed by atoms with E-state index >= 15 is 0 Å². The van der Waals surface area contributed by atoms with Gasteiger partial charge in [0.2, 0.25) is 0 Å². The first-order chi connectivity index (χ1) is 24.4. The van der Waals surface area contributed by atoms with E-state index in [1.807, 2.05) is 0 Å². The van der Waals surface area contributed by atoms with Crippen molar-refractivity contribution in [2.24, 2.45) is 63.1 Å². The fourth-order valence-electron chi connectivity index (χ4n) is 14.9. The van der Waals surface area contributed by atoms with Gasteiger partial charge in [-0.25, -0.2) is 8.42 Å². The highest BCUT2D eigenvalue weighted by atomic mass is 32.2. The molecular formula is C44H69FN2O4S. The number of carbonyl (C=O) groups is 1. The Kier molecular flexibility index (Phi) is 10.1. The zero-order chi connectivity index (χ0) is 37.5. The molecule has 0 aromatic carbocycles. The smallest absolute Gasteiger partial charge is 0.309 e. The summed E-state index contributed by atoms with van der Waals surface area (Å²) in [5.74, 6) is 1.40. The molecule has 4 saturated carbocycles. The minimum atomic E-state index is -2.87. The quantitative estimate of drug-likeness (QED) is 0.230. The second-order valence-corrected chi connectivity index (χ2v) is 22.5. The summed E-state index contributed by atoms with van der Waals surface area (Å²) in [7, 11) is -2.87. The Morgan fingerprint density at radius 3 is 2.40 bits per heavy atom. The zero-order valence-electron chi connectivity index (χ0n) is 33.2. The van der Waals surface area contributed by atoms with Crippen molar-refractivity contribution in [2.75, 3.05) is 44.4 Å². The summed E-state index contributed by atoms with van der Waals surface area (Å²) in [6, 6.07) is 0. The third-order valence-corrected chi connectivity index (χ3v) is 19.3. The van der Waals surface area contributed by atoms with Crippen LogP contribution in [0.4, 0.5) is 4.39 Å². The number of alkyl halides is 1. The van der Waals surface area contributed by atoms with Gasteiger partial charge in [-0.2, -0.15) is 0 Å². The van der Waals surface area contributed by atoms with E-state index in [1.165, 1.54) is 68.1 Å². The van der Waals surface area contributed by atoms with E-state index in [2.05, 4.69) is 70.5 Å². The average molecular weight is 741 g/mol. The number of halogens is 1. The van der Waals surface area contributed by atoms with Crippen molar-refractivity contribution in [2.45, 2.75) is 124 Å². The van der Waals surface area contributed by atoms with Crippen LogP contribution in [0.1, 0.15) is 119 Å². The van der Waals surface area contributed by atoms with E-state index in [4.69, 9.17) is 0 Å². The molecular weight excluding hydrogens is 672 g/mol. The van der Waals surface area contributed by atoms with Gasteiger partial charge in [0.1, 0.15) is 6.67 Å². The van der Waals surface area contributed by atoms with Gasteiger partial charge in [0.25, 0.3) is 0 Å². The molecule has 52 heavy (non-hydrogen) atoms. The number of nitrogens with one attached hydrogen (secondary N) is 1. The van der Waals surface area contributed by atoms with Crippen LogP contribution in [0.2, 0.25) is 0 Å². The van der Waals surface area contributed by atoms with Crippen LogP contribution in [-0.2, 0) is 14.6 Å². The maximum absolute atomic E-state index is 13.9. The SMILES string of the molecule is C=C(C)C1CC[C@]2(NCCN3CCS(=O)(=O)CC3)CC[C@]3(C)[C@H](CC[C@@H]4[C@@]5(C)CC=C(C6=CC(C(CF)C(=O)O)CCC6)C(C)(C)[C@@H]5CC[C@]43C)[C@@H]12. The Bertz CT molecular complexity index is 1590. The topological polar surface area (TPSA) is 86.7 Å². The lowest BCUT2D eigenvalue weighted by molar-refractivity contribution is -0.221. The third kappa shape index (κ3) is 6.05. The molecule has 0 bridgehead atoms. The van der Waals surface area contributed by atoms with Gasteiger partial charge in [-0.15, -0.1) is 0 Å². The van der Waals surface area contributed by atoms with Gasteiger partial charge in [-0.05, 0) is 152 Å². The highest BCUT2D eigenvalue weighted by Gasteiger charge is 2.70. The van der Waals surface area contributed by atoms with Gasteiger partial charge < -0.3 is 15.3 Å². The second kappa shape index (κ2) is 13.6. The fraction of sp³-hybridized carbons (Fsp3) is 0.841. The van der Waals surface area contributed by atoms with Crippen LogP contribution in [0, 0.1) is 63.1 Å². The molecule has 1 aliphatic heterocycles. The molecule has 7 aliphatic rings. The minimum absolute atomic E-state index is 0.0189. The van der Waals surface area contributed by atoms with Gasteiger partial charge in [0, 0.05) is 31.7 Å². The molecule has 1 heterocycles. The number of rotatable bonds is 9. The number of fused-ring (bicyclic) bond motifs is 7. The summed E-state index contributed by atoms with van der Waals surface area (Å²) in [4.78, 5) is 14.2. The molecule has 0 aromatic rings. The Morgan fingerprint density at radius 2 is 1.73 bits per heavy atom. The fourth-order valence-corrected chi connectivity index (χ4v) is 16.2. The van der Waals surface area contributed by atoms with Crippen LogP contribution in [0.25, 0.3) is 0 Å². The monoisotopic (exact) mass is 740 g/mol. The number of nitrogens with zero attached hydrogens (tertiary/aromatic N) is 1. The molecule has 3 unspecified atom stereocenters. The lowest BCUT2D eigenvalue weighted by atomic mass is 9.33. The standard InChI is InChI=1S/C44H69FN2O4S/c1-29(2)32-13-18-44(46-21-22-47-23-25-52(50,51)26-24-47)20-19-42(6)35(38(32)44)11-12-37-41(5)16-14-34(40(3,4)36(41)15-17-43(37,42)7)31-10-8-9-30(27-31)33(28-45)39(48)49/h14,27,30,32-33,35-38,46H,1,8-13,15-26,28H2,2-7H3,(H,48,49)/t30?,32?,33?,35-,36+,37-,38-,41+,42-,43-,44+/m1/s1. The molecule has 6 nitrogen and oxygen atoms in total. The van der Waals surface area contributed by atoms with Gasteiger partial charge in [-0.3, -0.25) is 9.18 Å². The van der Waals surface area contributed by atoms with E-state index in [0.717, 1.165) is 38.8 Å². The highest BCUT2D eigenvalue weighted by Crippen LogP contribution is 2.76. The second-order valence-electron chi connectivity index (χ2n) is 20.2. The first kappa shape index (κ1) is 38.8. The van der Waals surface area contributed by atoms with E-state index in [1.54, 1.807) is 0 Å². The van der Waals surface area contributed by atoms with Crippen LogP contribution < -0.4 is 5.32 Å². The lowest BCUT2D eigenvalue weighted by Gasteiger charge is -2.72. The Morgan fingerprint density at radius 1 is 1.00 bits per heavy atom. The van der Waals surface area contributed by atoms with Crippen molar-refractivity contribution < 1.29 is 22.7 Å². The van der Waals surface area contributed by atoms with Crippen LogP contribution in [-0.4, -0.2) is 74.3 Å². The molecule has 7 rings (SSSR count). The molecule has 2 N–H and O–H groups in total. The minimum Gasteiger partial charge on any atom is -0.481 e.